The van der Waals surface area contributed by atoms with Gasteiger partial charge < -0.3 is 25.9 Å². The van der Waals surface area contributed by atoms with Gasteiger partial charge in [-0.2, -0.15) is 6.42 Å². The second-order valence-corrected chi connectivity index (χ2v) is 8.83. The molecule has 210 valence electrons. The maximum Gasteiger partial charge on any atom is 1.00 e. The van der Waals surface area contributed by atoms with E-state index in [0.29, 0.717) is 11.4 Å². The molecule has 0 radical (unpaired) electrons. The molecule has 4 heterocycles. The summed E-state index contributed by atoms with van der Waals surface area (Å²) in [5, 5.41) is 0. The molecule has 4 aromatic heterocycles. The first kappa shape index (κ1) is 38.4. The van der Waals surface area contributed by atoms with Crippen LogP contribution in [0.15, 0.2) is 67.8 Å². The maximum absolute atomic E-state index is 12.2. The Morgan fingerprint density at radius 3 is 1.68 bits per heavy atom. The first-order valence-corrected chi connectivity index (χ1v) is 19.0. The Hall–Kier alpha value is -1.55. The third-order valence-corrected chi connectivity index (χ3v) is 6.22. The van der Waals surface area contributed by atoms with Crippen molar-refractivity contribution in [3.8, 4) is 0 Å². The number of imidazole rings is 2. The van der Waals surface area contributed by atoms with E-state index >= 15 is 0 Å². The number of rotatable bonds is 5. The van der Waals surface area contributed by atoms with Gasteiger partial charge in [-0.3, -0.25) is 19.6 Å². The van der Waals surface area contributed by atoms with Crippen LogP contribution in [-0.4, -0.2) is 55.0 Å². The predicted octanol–water partition coefficient (Wildman–Crippen LogP) is 3.18. The molecule has 0 saturated carbocycles. The van der Waals surface area contributed by atoms with Crippen LogP contribution in [0.25, 0.3) is 0 Å². The number of anilines is 2. The van der Waals surface area contributed by atoms with Gasteiger partial charge >= 0.3 is 18.9 Å². The summed E-state index contributed by atoms with van der Waals surface area (Å²) >= 11 is 6.33. The molecule has 0 unspecified atom stereocenters. The van der Waals surface area contributed by atoms with E-state index in [1.54, 1.807) is 95.7 Å². The number of pyridine rings is 2. The van der Waals surface area contributed by atoms with E-state index in [4.69, 9.17) is 0 Å². The maximum atomic E-state index is 12.2. The molecular formula is C26H32I3LiN8O2. The molecule has 0 bridgehead atoms. The Labute approximate surface area is 285 Å². The number of unbranched alkanes of at least 4 members (excludes halogenated alkanes) is 1. The van der Waals surface area contributed by atoms with E-state index in [0.717, 1.165) is 21.6 Å². The molecule has 0 aliphatic carbocycles. The summed E-state index contributed by atoms with van der Waals surface area (Å²) in [7, 11) is 7.04. The topological polar surface area (TPSA) is 102 Å². The van der Waals surface area contributed by atoms with Gasteiger partial charge in [-0.1, -0.05) is 13.3 Å². The Morgan fingerprint density at radius 1 is 0.875 bits per heavy atom. The van der Waals surface area contributed by atoms with Gasteiger partial charge in [0.25, 0.3) is 11.8 Å². The monoisotopic (exact) mass is 876 g/mol. The number of aryl methyl sites for hydroxylation is 1. The van der Waals surface area contributed by atoms with Crippen LogP contribution in [0.5, 0.6) is 0 Å². The van der Waals surface area contributed by atoms with E-state index < -0.39 is 0 Å². The van der Waals surface area contributed by atoms with Crippen molar-refractivity contribution >= 4 is 83.0 Å². The molecular weight excluding hydrogens is 844 g/mol. The van der Waals surface area contributed by atoms with Crippen molar-refractivity contribution in [1.82, 2.24) is 29.1 Å². The number of amides is 2. The Bertz CT molecular complexity index is 1270. The van der Waals surface area contributed by atoms with E-state index in [9.17, 15) is 9.59 Å². The second kappa shape index (κ2) is 21.2. The van der Waals surface area contributed by atoms with E-state index in [1.165, 1.54) is 6.42 Å². The van der Waals surface area contributed by atoms with Gasteiger partial charge in [0.05, 0.1) is 42.5 Å². The van der Waals surface area contributed by atoms with Gasteiger partial charge in [0, 0.05) is 77.8 Å². The number of halogens is 3. The quantitative estimate of drug-likeness (QED) is 0.174. The Morgan fingerprint density at radius 2 is 1.35 bits per heavy atom. The zero-order valence-electron chi connectivity index (χ0n) is 23.5. The summed E-state index contributed by atoms with van der Waals surface area (Å²) in [6.45, 7) is 5.72. The van der Waals surface area contributed by atoms with Crippen LogP contribution in [0.2, 0.25) is 0 Å². The van der Waals surface area contributed by atoms with Gasteiger partial charge in [0.1, 0.15) is 11.4 Å². The molecule has 0 saturated heterocycles. The molecule has 2 amide bonds. The number of carbonyl (C=O) groups is 2. The summed E-state index contributed by atoms with van der Waals surface area (Å²) in [6, 6.07) is 7.27. The van der Waals surface area contributed by atoms with E-state index in [-0.39, 0.29) is 30.7 Å². The van der Waals surface area contributed by atoms with Crippen molar-refractivity contribution < 1.29 is 28.4 Å². The summed E-state index contributed by atoms with van der Waals surface area (Å²) in [4.78, 5) is 43.4. The van der Waals surface area contributed by atoms with Gasteiger partial charge in [-0.15, -0.1) is 0 Å². The fraction of sp³-hybridized carbons (Fsp3) is 0.269. The average molecular weight is 876 g/mol. The summed E-state index contributed by atoms with van der Waals surface area (Å²) < 4.78 is 4.23. The fourth-order valence-electron chi connectivity index (χ4n) is 2.83. The van der Waals surface area contributed by atoms with Crippen LogP contribution in [0, 0.1) is 10.8 Å². The molecule has 4 aromatic rings. The molecule has 40 heavy (non-hydrogen) atoms. The Balaban J connectivity index is 0.000000624. The van der Waals surface area contributed by atoms with Gasteiger partial charge in [0.15, 0.2) is 3.83 Å². The van der Waals surface area contributed by atoms with Crippen molar-refractivity contribution in [2.75, 3.05) is 23.9 Å². The first-order chi connectivity index (χ1) is 18.7. The van der Waals surface area contributed by atoms with Crippen molar-refractivity contribution in [1.29, 1.82) is 0 Å². The smallest absolute Gasteiger partial charge is 0.343 e. The zero-order valence-corrected chi connectivity index (χ0v) is 30.0. The number of nitrogens with zero attached hydrogens (tertiary/aromatic N) is 8. The molecule has 0 aromatic carbocycles. The van der Waals surface area contributed by atoms with Crippen molar-refractivity contribution in [3.05, 3.63) is 89.9 Å². The van der Waals surface area contributed by atoms with Gasteiger partial charge in [0.2, 0.25) is 0 Å². The van der Waals surface area contributed by atoms with Crippen LogP contribution in [-0.2, 0) is 14.1 Å². The molecule has 0 aliphatic heterocycles. The van der Waals surface area contributed by atoms with Crippen molar-refractivity contribution in [3.63, 3.8) is 0 Å². The minimum Gasteiger partial charge on any atom is -0.343 e. The summed E-state index contributed by atoms with van der Waals surface area (Å²) in [5.74, 6) is -0.205. The van der Waals surface area contributed by atoms with Gasteiger partial charge in [-0.25, -0.2) is 9.97 Å². The molecule has 0 N–H and O–H groups in total. The van der Waals surface area contributed by atoms with Crippen molar-refractivity contribution in [2.45, 2.75) is 19.8 Å². The minimum absolute atomic E-state index is 0. The molecule has 0 fully saturated rings. The predicted molar refractivity (Wildman–Crippen MR) is 181 cm³/mol. The first-order valence-electron chi connectivity index (χ1n) is 11.7. The SMILES string of the molecule is CN(C(=O)c1cnc(I)n1C)c1cccnc1.CN(C(=O)c1cncn1C)c1cccnc1.II.[CH2-]CCC.[Li+]. The second-order valence-electron chi connectivity index (χ2n) is 7.87. The zero-order chi connectivity index (χ0) is 29.4. The largest absolute Gasteiger partial charge is 1.00 e. The number of carbonyl (C=O) groups excluding carboxylic acids is 2. The molecule has 0 atom stereocenters. The summed E-state index contributed by atoms with van der Waals surface area (Å²) in [6.07, 6.45) is 13.7. The third-order valence-electron chi connectivity index (χ3n) is 5.22. The molecule has 14 heteroatoms. The number of aromatic nitrogens is 6. The average Bonchev–Trinajstić information content (AvgIpc) is 3.58. The molecule has 0 spiro atoms. The van der Waals surface area contributed by atoms with E-state index in [1.807, 2.05) is 19.2 Å². The van der Waals surface area contributed by atoms with Gasteiger partial charge in [-0.05, 0) is 46.9 Å². The molecule has 4 rings (SSSR count). The normalized spacial score (nSPS) is 9.32. The van der Waals surface area contributed by atoms with Crippen LogP contribution >= 0.6 is 59.8 Å². The van der Waals surface area contributed by atoms with Crippen molar-refractivity contribution in [2.24, 2.45) is 14.1 Å². The third kappa shape index (κ3) is 11.7. The number of hydrogen-bond donors (Lipinski definition) is 0. The molecule has 0 aliphatic rings. The van der Waals surface area contributed by atoms with Crippen LogP contribution in [0.3, 0.4) is 0 Å². The fourth-order valence-corrected chi connectivity index (χ4v) is 3.23. The van der Waals surface area contributed by atoms with E-state index in [2.05, 4.69) is 93.6 Å². The van der Waals surface area contributed by atoms with Crippen LogP contribution in [0.1, 0.15) is 40.7 Å². The number of hydrogen-bond acceptors (Lipinski definition) is 6. The standard InChI is InChI=1S/C11H11IN4O.C11H12N4O.C4H9.I2.Li/c1-15(8-4-3-5-13-6-8)10(17)9-7-14-11(12)16(9)2;1-14-8-13-7-10(14)11(16)15(2)9-4-3-5-12-6-9;1-3-4-2;1-2;/h3-7H,1-2H3;3-8H,1-2H3;1,3-4H2,2H3;;/q;;-1;;+1. The minimum atomic E-state index is -0.104. The van der Waals surface area contributed by atoms with Crippen LogP contribution < -0.4 is 28.7 Å². The van der Waals surface area contributed by atoms with Crippen LogP contribution in [0.4, 0.5) is 11.4 Å². The summed E-state index contributed by atoms with van der Waals surface area (Å²) in [5.41, 5.74) is 2.62. The Kier molecular flexibility index (Phi) is 20.4. The molecule has 10 nitrogen and oxygen atoms in total.